The highest BCUT2D eigenvalue weighted by atomic mass is 127. The van der Waals surface area contributed by atoms with Crippen LogP contribution in [-0.2, 0) is 4.74 Å². The summed E-state index contributed by atoms with van der Waals surface area (Å²) in [6.07, 6.45) is 8.08. The van der Waals surface area contributed by atoms with E-state index >= 15 is 0 Å². The van der Waals surface area contributed by atoms with Crippen molar-refractivity contribution >= 4 is 28.4 Å². The number of anilines is 1. The lowest BCUT2D eigenvalue weighted by molar-refractivity contribution is 0.0313. The molecular formula is C12H19IN4O. The first-order valence-corrected chi connectivity index (χ1v) is 7.40. The Hall–Kier alpha value is -0.470. The van der Waals surface area contributed by atoms with Gasteiger partial charge in [-0.2, -0.15) is 0 Å². The second-order valence-corrected chi connectivity index (χ2v) is 5.72. The van der Waals surface area contributed by atoms with Gasteiger partial charge in [-0.25, -0.2) is 9.97 Å². The van der Waals surface area contributed by atoms with Gasteiger partial charge in [0.15, 0.2) is 0 Å². The lowest BCUT2D eigenvalue weighted by atomic mass is 9.94. The smallest absolute Gasteiger partial charge is 0.142 e. The molecule has 100 valence electrons. The van der Waals surface area contributed by atoms with E-state index in [-0.39, 0.29) is 0 Å². The summed E-state index contributed by atoms with van der Waals surface area (Å²) in [5.41, 5.74) is 5.86. The number of hydrogen-bond acceptors (Lipinski definition) is 5. The van der Waals surface area contributed by atoms with Crippen LogP contribution in [0.5, 0.6) is 0 Å². The van der Waals surface area contributed by atoms with E-state index in [0.717, 1.165) is 41.6 Å². The molecule has 1 fully saturated rings. The van der Waals surface area contributed by atoms with Gasteiger partial charge in [-0.15, -0.1) is 0 Å². The van der Waals surface area contributed by atoms with Crippen LogP contribution in [0.4, 0.5) is 5.82 Å². The average Bonchev–Trinajstić information content (AvgIpc) is 2.39. The highest BCUT2D eigenvalue weighted by Gasteiger charge is 2.18. The molecule has 0 aliphatic heterocycles. The molecule has 0 radical (unpaired) electrons. The minimum Gasteiger partial charge on any atom is -0.376 e. The highest BCUT2D eigenvalue weighted by molar-refractivity contribution is 14.1. The second-order valence-electron chi connectivity index (χ2n) is 4.55. The zero-order valence-electron chi connectivity index (χ0n) is 10.3. The zero-order chi connectivity index (χ0) is 12.8. The molecule has 1 saturated carbocycles. The summed E-state index contributed by atoms with van der Waals surface area (Å²) >= 11 is 2.22. The van der Waals surface area contributed by atoms with Crippen LogP contribution in [0.1, 0.15) is 25.7 Å². The fourth-order valence-corrected chi connectivity index (χ4v) is 2.58. The number of ether oxygens (including phenoxy) is 1. The van der Waals surface area contributed by atoms with E-state index in [1.54, 1.807) is 12.5 Å². The Morgan fingerprint density at radius 1 is 1.39 bits per heavy atom. The van der Waals surface area contributed by atoms with Crippen LogP contribution in [0.25, 0.3) is 0 Å². The minimum absolute atomic E-state index is 0.380. The van der Waals surface area contributed by atoms with Gasteiger partial charge in [0.1, 0.15) is 12.1 Å². The van der Waals surface area contributed by atoms with Gasteiger partial charge >= 0.3 is 0 Å². The Morgan fingerprint density at radius 2 is 2.17 bits per heavy atom. The molecule has 3 N–H and O–H groups in total. The first-order valence-electron chi connectivity index (χ1n) is 6.32. The van der Waals surface area contributed by atoms with Gasteiger partial charge < -0.3 is 15.8 Å². The average molecular weight is 362 g/mol. The van der Waals surface area contributed by atoms with Gasteiger partial charge in [-0.3, -0.25) is 0 Å². The summed E-state index contributed by atoms with van der Waals surface area (Å²) in [5.74, 6) is 0.875. The monoisotopic (exact) mass is 362 g/mol. The molecule has 6 heteroatoms. The van der Waals surface area contributed by atoms with E-state index in [2.05, 4.69) is 37.9 Å². The molecule has 1 aromatic rings. The van der Waals surface area contributed by atoms with Crippen molar-refractivity contribution in [1.82, 2.24) is 9.97 Å². The number of rotatable bonds is 5. The van der Waals surface area contributed by atoms with Gasteiger partial charge in [0.2, 0.25) is 0 Å². The maximum Gasteiger partial charge on any atom is 0.142 e. The lowest BCUT2D eigenvalue weighted by Gasteiger charge is -2.26. The van der Waals surface area contributed by atoms with Gasteiger partial charge in [-0.1, -0.05) is 0 Å². The number of nitrogens with zero attached hydrogens (tertiary/aromatic N) is 2. The van der Waals surface area contributed by atoms with E-state index in [1.165, 1.54) is 0 Å². The Labute approximate surface area is 121 Å². The topological polar surface area (TPSA) is 73.1 Å². The molecule has 1 aromatic heterocycles. The third-order valence-corrected chi connectivity index (χ3v) is 3.92. The van der Waals surface area contributed by atoms with E-state index in [9.17, 15) is 0 Å². The van der Waals surface area contributed by atoms with Crippen molar-refractivity contribution in [2.24, 2.45) is 5.73 Å². The molecule has 0 saturated heterocycles. The predicted octanol–water partition coefficient (Wildman–Crippen LogP) is 1.78. The Kier molecular flexibility index (Phi) is 5.58. The van der Waals surface area contributed by atoms with Crippen molar-refractivity contribution in [1.29, 1.82) is 0 Å². The quantitative estimate of drug-likeness (QED) is 0.617. The molecule has 1 heterocycles. The van der Waals surface area contributed by atoms with E-state index in [4.69, 9.17) is 10.5 Å². The number of nitrogens with two attached hydrogens (primary N) is 1. The van der Waals surface area contributed by atoms with Crippen LogP contribution in [0.2, 0.25) is 0 Å². The first kappa shape index (κ1) is 14.0. The normalized spacial score (nSPS) is 23.9. The number of aromatic nitrogens is 2. The van der Waals surface area contributed by atoms with Crippen LogP contribution in [-0.4, -0.2) is 35.3 Å². The molecule has 0 amide bonds. The molecule has 18 heavy (non-hydrogen) atoms. The molecule has 2 rings (SSSR count). The highest BCUT2D eigenvalue weighted by Crippen LogP contribution is 2.19. The Morgan fingerprint density at radius 3 is 2.89 bits per heavy atom. The van der Waals surface area contributed by atoms with Crippen molar-refractivity contribution in [2.45, 2.75) is 37.8 Å². The van der Waals surface area contributed by atoms with Crippen molar-refractivity contribution < 1.29 is 4.74 Å². The molecule has 5 nitrogen and oxygen atoms in total. The zero-order valence-corrected chi connectivity index (χ0v) is 12.5. The second kappa shape index (κ2) is 7.20. The molecule has 0 spiro atoms. The molecule has 1 aliphatic rings. The molecular weight excluding hydrogens is 343 g/mol. The number of nitrogens with one attached hydrogen (secondary N) is 1. The number of hydrogen-bond donors (Lipinski definition) is 2. The summed E-state index contributed by atoms with van der Waals surface area (Å²) in [7, 11) is 0. The summed E-state index contributed by atoms with van der Waals surface area (Å²) in [6, 6.07) is 0.380. The largest absolute Gasteiger partial charge is 0.376 e. The maximum absolute atomic E-state index is 5.86. The van der Waals surface area contributed by atoms with Crippen molar-refractivity contribution in [2.75, 3.05) is 18.5 Å². The molecule has 0 bridgehead atoms. The molecule has 0 aromatic carbocycles. The Bertz CT molecular complexity index is 369. The Balaban J connectivity index is 1.63. The molecule has 1 aliphatic carbocycles. The summed E-state index contributed by atoms with van der Waals surface area (Å²) < 4.78 is 6.86. The molecule has 0 unspecified atom stereocenters. The molecule has 0 atom stereocenters. The van der Waals surface area contributed by atoms with Crippen LogP contribution in [0.15, 0.2) is 12.5 Å². The summed E-state index contributed by atoms with van der Waals surface area (Å²) in [4.78, 5) is 8.12. The first-order chi connectivity index (χ1) is 8.75. The van der Waals surface area contributed by atoms with Crippen LogP contribution >= 0.6 is 22.6 Å². The van der Waals surface area contributed by atoms with Gasteiger partial charge in [0.25, 0.3) is 0 Å². The SMILES string of the molecule is NC1CCC(OCCNc2ncncc2I)CC1. The fraction of sp³-hybridized carbons (Fsp3) is 0.667. The lowest BCUT2D eigenvalue weighted by Crippen LogP contribution is -2.31. The fourth-order valence-electron chi connectivity index (χ4n) is 2.09. The summed E-state index contributed by atoms with van der Waals surface area (Å²) in [6.45, 7) is 1.48. The van der Waals surface area contributed by atoms with Crippen molar-refractivity contribution in [3.8, 4) is 0 Å². The third-order valence-electron chi connectivity index (χ3n) is 3.13. The van der Waals surface area contributed by atoms with Crippen LogP contribution in [0.3, 0.4) is 0 Å². The van der Waals surface area contributed by atoms with Crippen molar-refractivity contribution in [3.05, 3.63) is 16.1 Å². The number of halogens is 1. The van der Waals surface area contributed by atoms with Crippen molar-refractivity contribution in [3.63, 3.8) is 0 Å². The van der Waals surface area contributed by atoms with E-state index in [1.807, 2.05) is 0 Å². The van der Waals surface area contributed by atoms with Crippen LogP contribution in [0, 0.1) is 3.57 Å². The van der Waals surface area contributed by atoms with Gasteiger partial charge in [0.05, 0.1) is 16.3 Å². The van der Waals surface area contributed by atoms with Gasteiger partial charge in [0, 0.05) is 18.8 Å². The predicted molar refractivity (Wildman–Crippen MR) is 79.4 cm³/mol. The van der Waals surface area contributed by atoms with Crippen LogP contribution < -0.4 is 11.1 Å². The summed E-state index contributed by atoms with van der Waals surface area (Å²) in [5, 5.41) is 3.25. The van der Waals surface area contributed by atoms with E-state index < -0.39 is 0 Å². The minimum atomic E-state index is 0.380. The van der Waals surface area contributed by atoms with E-state index in [0.29, 0.717) is 18.8 Å². The standard InChI is InChI=1S/C12H19IN4O/c13-11-7-15-8-17-12(11)16-5-6-18-10-3-1-9(14)2-4-10/h7-10H,1-6,14H2,(H,15,16,17). The maximum atomic E-state index is 5.86. The van der Waals surface area contributed by atoms with Gasteiger partial charge in [-0.05, 0) is 48.3 Å². The third kappa shape index (κ3) is 4.33.